The van der Waals surface area contributed by atoms with Crippen molar-refractivity contribution in [3.8, 4) is 0 Å². The molecule has 0 aliphatic carbocycles. The number of aromatic nitrogens is 3. The number of hydrogen-bond acceptors (Lipinski definition) is 6. The largest absolute Gasteiger partial charge is 0.332 e. The molecule has 1 aromatic carbocycles. The van der Waals surface area contributed by atoms with Gasteiger partial charge >= 0.3 is 0 Å². The molecule has 0 radical (unpaired) electrons. The van der Waals surface area contributed by atoms with Crippen LogP contribution in [0.15, 0.2) is 58.5 Å². The minimum absolute atomic E-state index is 0.0110. The van der Waals surface area contributed by atoms with Crippen LogP contribution in [0, 0.1) is 0 Å². The molecule has 1 amide bonds. The van der Waals surface area contributed by atoms with Crippen LogP contribution < -0.4 is 5.56 Å². The molecule has 30 heavy (non-hydrogen) atoms. The van der Waals surface area contributed by atoms with E-state index in [1.165, 1.54) is 36.5 Å². The first kappa shape index (κ1) is 21.6. The zero-order valence-corrected chi connectivity index (χ0v) is 17.8. The number of benzene rings is 1. The Bertz CT molecular complexity index is 1210. The van der Waals surface area contributed by atoms with Crippen LogP contribution in [-0.4, -0.2) is 58.1 Å². The molecular weight excluding hydrogens is 406 g/mol. The first-order valence-corrected chi connectivity index (χ1v) is 10.8. The lowest BCUT2D eigenvalue weighted by atomic mass is 10.2. The summed E-state index contributed by atoms with van der Waals surface area (Å²) in [4.78, 5) is 37.6. The normalized spacial score (nSPS) is 11.9. The van der Waals surface area contributed by atoms with Crippen molar-refractivity contribution >= 4 is 26.8 Å². The predicted molar refractivity (Wildman–Crippen MR) is 112 cm³/mol. The van der Waals surface area contributed by atoms with Crippen molar-refractivity contribution in [3.63, 3.8) is 0 Å². The molecule has 0 unspecified atom stereocenters. The summed E-state index contributed by atoms with van der Waals surface area (Å²) in [7, 11) is -2.51. The van der Waals surface area contributed by atoms with E-state index in [4.69, 9.17) is 0 Å². The number of para-hydroxylation sites is 1. The minimum Gasteiger partial charge on any atom is -0.332 e. The lowest BCUT2D eigenvalue weighted by molar-refractivity contribution is -0.133. The molecule has 0 spiro atoms. The van der Waals surface area contributed by atoms with Crippen LogP contribution in [0.25, 0.3) is 10.9 Å². The second-order valence-electron chi connectivity index (χ2n) is 7.09. The molecule has 0 aliphatic heterocycles. The minimum atomic E-state index is -3.85. The Morgan fingerprint density at radius 1 is 1.17 bits per heavy atom. The Balaban J connectivity index is 1.81. The monoisotopic (exact) mass is 429 g/mol. The van der Waals surface area contributed by atoms with Crippen molar-refractivity contribution in [2.24, 2.45) is 0 Å². The molecule has 2 heterocycles. The van der Waals surface area contributed by atoms with Crippen LogP contribution in [0.4, 0.5) is 0 Å². The number of carbonyl (C=O) groups is 1. The number of hydrogen-bond donors (Lipinski definition) is 1. The zero-order chi connectivity index (χ0) is 21.9. The van der Waals surface area contributed by atoms with Crippen LogP contribution in [0.5, 0.6) is 0 Å². The van der Waals surface area contributed by atoms with Gasteiger partial charge in [0.25, 0.3) is 5.56 Å². The van der Waals surface area contributed by atoms with Crippen LogP contribution in [0.3, 0.4) is 0 Å². The van der Waals surface area contributed by atoms with Crippen molar-refractivity contribution in [3.05, 3.63) is 65.0 Å². The number of sulfonamides is 1. The molecule has 0 saturated carbocycles. The Hall–Kier alpha value is -3.11. The van der Waals surface area contributed by atoms with Crippen molar-refractivity contribution in [2.45, 2.75) is 31.3 Å². The molecule has 158 valence electrons. The van der Waals surface area contributed by atoms with Crippen molar-refractivity contribution < 1.29 is 13.2 Å². The number of fused-ring (bicyclic) bond motifs is 1. The van der Waals surface area contributed by atoms with Crippen molar-refractivity contribution in [1.29, 1.82) is 0 Å². The van der Waals surface area contributed by atoms with Gasteiger partial charge in [0.1, 0.15) is 10.7 Å². The SMILES string of the molecule is CC(C)N(Cc1nc2ccccc2c(=O)[nH]1)C(=O)CN(C)S(=O)(=O)c1cccnc1. The molecule has 1 N–H and O–H groups in total. The van der Waals surface area contributed by atoms with Crippen molar-refractivity contribution in [1.82, 2.24) is 24.2 Å². The summed E-state index contributed by atoms with van der Waals surface area (Å²) < 4.78 is 26.3. The Labute approximate surface area is 174 Å². The first-order valence-electron chi connectivity index (χ1n) is 9.34. The number of rotatable bonds is 7. The summed E-state index contributed by atoms with van der Waals surface area (Å²) in [6, 6.07) is 9.64. The van der Waals surface area contributed by atoms with Gasteiger partial charge < -0.3 is 9.88 Å². The van der Waals surface area contributed by atoms with Crippen LogP contribution in [0.1, 0.15) is 19.7 Å². The van der Waals surface area contributed by atoms with Gasteiger partial charge in [-0.15, -0.1) is 0 Å². The standard InChI is InChI=1S/C20H23N5O4S/c1-14(2)25(12-18-22-17-9-5-4-8-16(17)20(27)23-18)19(26)13-24(3)30(28,29)15-7-6-10-21-11-15/h4-11,14H,12-13H2,1-3H3,(H,22,23,27). The molecule has 0 bridgehead atoms. The average molecular weight is 430 g/mol. The van der Waals surface area contributed by atoms with Crippen molar-refractivity contribution in [2.75, 3.05) is 13.6 Å². The maximum absolute atomic E-state index is 12.9. The summed E-state index contributed by atoms with van der Waals surface area (Å²) in [6.45, 7) is 3.32. The maximum atomic E-state index is 12.9. The molecule has 0 saturated heterocycles. The summed E-state index contributed by atoms with van der Waals surface area (Å²) in [5.74, 6) is -0.0747. The van der Waals surface area contributed by atoms with Gasteiger partial charge in [0.2, 0.25) is 15.9 Å². The molecule has 0 aliphatic rings. The lowest BCUT2D eigenvalue weighted by Crippen LogP contribution is -2.44. The van der Waals surface area contributed by atoms with E-state index >= 15 is 0 Å². The third kappa shape index (κ3) is 4.55. The summed E-state index contributed by atoms with van der Waals surface area (Å²) in [5.41, 5.74) is 0.242. The van der Waals surface area contributed by atoms with E-state index in [9.17, 15) is 18.0 Å². The Morgan fingerprint density at radius 2 is 1.90 bits per heavy atom. The van der Waals surface area contributed by atoms with Gasteiger partial charge in [-0.25, -0.2) is 13.4 Å². The molecule has 9 nitrogen and oxygen atoms in total. The number of H-pyrrole nitrogens is 1. The van der Waals surface area contributed by atoms with Crippen LogP contribution in [-0.2, 0) is 21.4 Å². The Kier molecular flexibility index (Phi) is 6.28. The highest BCUT2D eigenvalue weighted by Gasteiger charge is 2.27. The molecule has 3 aromatic rings. The lowest BCUT2D eigenvalue weighted by Gasteiger charge is -2.28. The van der Waals surface area contributed by atoms with Gasteiger partial charge in [0.05, 0.1) is 24.0 Å². The summed E-state index contributed by atoms with van der Waals surface area (Å²) >= 11 is 0. The zero-order valence-electron chi connectivity index (χ0n) is 16.9. The van der Waals surface area contributed by atoms with Gasteiger partial charge in [0, 0.05) is 25.5 Å². The van der Waals surface area contributed by atoms with Gasteiger partial charge in [-0.05, 0) is 38.1 Å². The van der Waals surface area contributed by atoms with Gasteiger partial charge in [-0.3, -0.25) is 14.6 Å². The summed E-state index contributed by atoms with van der Waals surface area (Å²) in [6.07, 6.45) is 2.71. The number of aromatic amines is 1. The topological polar surface area (TPSA) is 116 Å². The third-order valence-electron chi connectivity index (χ3n) is 4.63. The fourth-order valence-electron chi connectivity index (χ4n) is 2.98. The Morgan fingerprint density at radius 3 is 2.57 bits per heavy atom. The molecule has 0 atom stereocenters. The number of amides is 1. The van der Waals surface area contributed by atoms with E-state index in [1.807, 2.05) is 13.8 Å². The van der Waals surface area contributed by atoms with Gasteiger partial charge in [-0.1, -0.05) is 12.1 Å². The third-order valence-corrected chi connectivity index (χ3v) is 6.41. The highest BCUT2D eigenvalue weighted by molar-refractivity contribution is 7.89. The van der Waals surface area contributed by atoms with E-state index in [0.717, 1.165) is 4.31 Å². The molecular formula is C20H23N5O4S. The maximum Gasteiger partial charge on any atom is 0.258 e. The van der Waals surface area contributed by atoms with Gasteiger partial charge in [-0.2, -0.15) is 4.31 Å². The number of carbonyl (C=O) groups excluding carboxylic acids is 1. The average Bonchev–Trinajstić information content (AvgIpc) is 2.72. The highest BCUT2D eigenvalue weighted by atomic mass is 32.2. The number of nitrogens with zero attached hydrogens (tertiary/aromatic N) is 4. The smallest absolute Gasteiger partial charge is 0.258 e. The van der Waals surface area contributed by atoms with Gasteiger partial charge in [0.15, 0.2) is 0 Å². The summed E-state index contributed by atoms with van der Waals surface area (Å²) in [5, 5.41) is 0.464. The quantitative estimate of drug-likeness (QED) is 0.606. The van der Waals surface area contributed by atoms with E-state index in [1.54, 1.807) is 24.3 Å². The van der Waals surface area contributed by atoms with Crippen LogP contribution in [0.2, 0.25) is 0 Å². The number of likely N-dealkylation sites (N-methyl/N-ethyl adjacent to an activating group) is 1. The highest BCUT2D eigenvalue weighted by Crippen LogP contribution is 2.14. The van der Waals surface area contributed by atoms with Crippen LogP contribution >= 0.6 is 0 Å². The van der Waals surface area contributed by atoms with E-state index in [2.05, 4.69) is 15.0 Å². The second-order valence-corrected chi connectivity index (χ2v) is 9.14. The molecule has 2 aromatic heterocycles. The number of nitrogens with one attached hydrogen (secondary N) is 1. The van der Waals surface area contributed by atoms with E-state index in [-0.39, 0.29) is 29.6 Å². The predicted octanol–water partition coefficient (Wildman–Crippen LogP) is 1.38. The van der Waals surface area contributed by atoms with E-state index < -0.39 is 15.9 Å². The number of pyridine rings is 1. The molecule has 3 rings (SSSR count). The molecule has 0 fully saturated rings. The fourth-order valence-corrected chi connectivity index (χ4v) is 4.06. The first-order chi connectivity index (χ1) is 14.2. The molecule has 10 heteroatoms. The fraction of sp³-hybridized carbons (Fsp3) is 0.300. The van der Waals surface area contributed by atoms with E-state index in [0.29, 0.717) is 16.7 Å². The second kappa shape index (κ2) is 8.72.